The Morgan fingerprint density at radius 1 is 1.47 bits per heavy atom. The van der Waals surface area contributed by atoms with Crippen molar-refractivity contribution in [1.82, 2.24) is 10.5 Å². The van der Waals surface area contributed by atoms with Gasteiger partial charge >= 0.3 is 6.03 Å². The van der Waals surface area contributed by atoms with Gasteiger partial charge in [0.2, 0.25) is 0 Å². The maximum Gasteiger partial charge on any atom is 0.332 e. The van der Waals surface area contributed by atoms with E-state index in [4.69, 9.17) is 5.73 Å². The summed E-state index contributed by atoms with van der Waals surface area (Å²) in [6, 6.07) is -0.796. The van der Waals surface area contributed by atoms with Gasteiger partial charge in [0.15, 0.2) is 0 Å². The Bertz CT molecular complexity index is 357. The smallest absolute Gasteiger partial charge is 0.332 e. The van der Waals surface area contributed by atoms with Gasteiger partial charge in [-0.3, -0.25) is 0 Å². The summed E-state index contributed by atoms with van der Waals surface area (Å²) < 4.78 is 0. The third kappa shape index (κ3) is 1.50. The number of urea groups is 1. The first-order valence-electron chi connectivity index (χ1n) is 6.01. The molecule has 0 aromatic heterocycles. The summed E-state index contributed by atoms with van der Waals surface area (Å²) >= 11 is 0. The molecule has 6 heteroatoms. The zero-order valence-electron chi connectivity index (χ0n) is 10.6. The van der Waals surface area contributed by atoms with E-state index in [0.29, 0.717) is 5.92 Å². The molecule has 2 saturated carbocycles. The standard InChI is InChI=1S/C11H20N4O2/c1-10(2)7-4-5-11(10,3)8(6-7)15(14-17)13-9(12)16/h7-8H,4-6H2,1-3H3,(H3,12,13,16). The van der Waals surface area contributed by atoms with E-state index in [1.165, 1.54) is 6.42 Å². The zero-order chi connectivity index (χ0) is 12.8. The number of rotatable bonds is 3. The number of nitrogens with one attached hydrogen (secondary N) is 1. The number of hydrazine groups is 1. The summed E-state index contributed by atoms with van der Waals surface area (Å²) in [4.78, 5) is 21.7. The number of carbonyl (C=O) groups excluding carboxylic acids is 1. The summed E-state index contributed by atoms with van der Waals surface area (Å²) in [7, 11) is 0. The van der Waals surface area contributed by atoms with Crippen LogP contribution in [0.5, 0.6) is 0 Å². The normalized spacial score (nSPS) is 37.8. The summed E-state index contributed by atoms with van der Waals surface area (Å²) in [5.41, 5.74) is 7.53. The molecule has 6 nitrogen and oxygen atoms in total. The van der Waals surface area contributed by atoms with Gasteiger partial charge < -0.3 is 5.73 Å². The van der Waals surface area contributed by atoms with Gasteiger partial charge in [-0.25, -0.2) is 10.2 Å². The van der Waals surface area contributed by atoms with Crippen LogP contribution in [-0.2, 0) is 0 Å². The Morgan fingerprint density at radius 3 is 2.47 bits per heavy atom. The number of nitrogens with zero attached hydrogens (tertiary/aromatic N) is 2. The van der Waals surface area contributed by atoms with Crippen LogP contribution >= 0.6 is 0 Å². The molecule has 0 heterocycles. The molecule has 0 aromatic carbocycles. The maximum absolute atomic E-state index is 10.9. The number of hydrogen-bond acceptors (Lipinski definition) is 3. The van der Waals surface area contributed by atoms with Crippen LogP contribution in [0.1, 0.15) is 40.0 Å². The molecule has 0 saturated heterocycles. The van der Waals surface area contributed by atoms with Crippen LogP contribution < -0.4 is 11.2 Å². The fourth-order valence-corrected chi connectivity index (χ4v) is 3.80. The van der Waals surface area contributed by atoms with E-state index in [1.807, 2.05) is 0 Å². The summed E-state index contributed by atoms with van der Waals surface area (Å²) in [6.45, 7) is 6.64. The molecule has 2 rings (SSSR count). The number of nitroso groups, excluding NO2 is 1. The largest absolute Gasteiger partial charge is 0.350 e. The molecular weight excluding hydrogens is 220 g/mol. The van der Waals surface area contributed by atoms with E-state index in [1.54, 1.807) is 0 Å². The topological polar surface area (TPSA) is 87.8 Å². The number of carbonyl (C=O) groups is 1. The summed E-state index contributed by atoms with van der Waals surface area (Å²) in [5, 5.41) is 4.03. The Labute approximate surface area is 101 Å². The lowest BCUT2D eigenvalue weighted by Crippen LogP contribution is -2.53. The molecule has 2 fully saturated rings. The van der Waals surface area contributed by atoms with Gasteiger partial charge in [-0.2, -0.15) is 5.12 Å². The highest BCUT2D eigenvalue weighted by molar-refractivity contribution is 5.70. The SMILES string of the molecule is CC1(C)C2CCC1(C)C(N(N=O)NC(N)=O)C2. The quantitative estimate of drug-likeness (QED) is 0.582. The van der Waals surface area contributed by atoms with Crippen molar-refractivity contribution in [3.63, 3.8) is 0 Å². The van der Waals surface area contributed by atoms with Gasteiger partial charge in [0.25, 0.3) is 0 Å². The molecule has 2 amide bonds. The zero-order valence-corrected chi connectivity index (χ0v) is 10.6. The first-order valence-corrected chi connectivity index (χ1v) is 6.01. The van der Waals surface area contributed by atoms with E-state index < -0.39 is 6.03 Å². The minimum absolute atomic E-state index is 0.00593. The molecule has 2 aliphatic carbocycles. The van der Waals surface area contributed by atoms with Gasteiger partial charge in [-0.1, -0.05) is 20.8 Å². The second-order valence-corrected chi connectivity index (χ2v) is 6.03. The first kappa shape index (κ1) is 12.1. The van der Waals surface area contributed by atoms with E-state index >= 15 is 0 Å². The van der Waals surface area contributed by atoms with Gasteiger partial charge in [0.1, 0.15) is 0 Å². The van der Waals surface area contributed by atoms with Gasteiger partial charge in [0.05, 0.1) is 11.3 Å². The lowest BCUT2D eigenvalue weighted by atomic mass is 9.69. The van der Waals surface area contributed by atoms with Crippen LogP contribution in [-0.4, -0.2) is 17.2 Å². The number of amides is 2. The predicted molar refractivity (Wildman–Crippen MR) is 63.4 cm³/mol. The van der Waals surface area contributed by atoms with Crippen molar-refractivity contribution in [1.29, 1.82) is 0 Å². The molecular formula is C11H20N4O2. The second kappa shape index (κ2) is 3.58. The molecule has 17 heavy (non-hydrogen) atoms. The third-order valence-corrected chi connectivity index (χ3v) is 5.36. The van der Waals surface area contributed by atoms with E-state index in [2.05, 4.69) is 31.5 Å². The molecule has 2 bridgehead atoms. The molecule has 0 aliphatic heterocycles. The number of fused-ring (bicyclic) bond motifs is 2. The molecule has 0 radical (unpaired) electrons. The third-order valence-electron chi connectivity index (χ3n) is 5.36. The van der Waals surface area contributed by atoms with Crippen LogP contribution in [0.4, 0.5) is 4.79 Å². The van der Waals surface area contributed by atoms with Crippen LogP contribution in [0.15, 0.2) is 5.29 Å². The van der Waals surface area contributed by atoms with Crippen molar-refractivity contribution in [2.75, 3.05) is 0 Å². The Balaban J connectivity index is 2.24. The van der Waals surface area contributed by atoms with E-state index in [9.17, 15) is 9.70 Å². The van der Waals surface area contributed by atoms with Gasteiger partial charge in [-0.05, 0) is 36.0 Å². The van der Waals surface area contributed by atoms with Crippen LogP contribution in [0.25, 0.3) is 0 Å². The number of nitrogens with two attached hydrogens (primary N) is 1. The van der Waals surface area contributed by atoms with Crippen molar-refractivity contribution < 1.29 is 4.79 Å². The minimum Gasteiger partial charge on any atom is -0.350 e. The highest BCUT2D eigenvalue weighted by atomic mass is 16.3. The highest BCUT2D eigenvalue weighted by Gasteiger charge is 2.63. The van der Waals surface area contributed by atoms with E-state index in [0.717, 1.165) is 18.0 Å². The molecule has 96 valence electrons. The van der Waals surface area contributed by atoms with Crippen LogP contribution in [0, 0.1) is 21.7 Å². The Morgan fingerprint density at radius 2 is 2.12 bits per heavy atom. The van der Waals surface area contributed by atoms with Crippen molar-refractivity contribution >= 4 is 6.03 Å². The molecule has 3 unspecified atom stereocenters. The van der Waals surface area contributed by atoms with Crippen molar-refractivity contribution in [3.8, 4) is 0 Å². The Hall–Kier alpha value is -1.33. The minimum atomic E-state index is -0.742. The molecule has 0 spiro atoms. The summed E-state index contributed by atoms with van der Waals surface area (Å²) in [5.74, 6) is 0.580. The van der Waals surface area contributed by atoms with Crippen LogP contribution in [0.2, 0.25) is 0 Å². The van der Waals surface area contributed by atoms with E-state index in [-0.39, 0.29) is 16.9 Å². The predicted octanol–water partition coefficient (Wildman–Crippen LogP) is 1.77. The number of hydrogen-bond donors (Lipinski definition) is 2. The van der Waals surface area contributed by atoms with Gasteiger partial charge in [-0.15, -0.1) is 4.91 Å². The van der Waals surface area contributed by atoms with Crippen molar-refractivity contribution in [3.05, 3.63) is 4.91 Å². The van der Waals surface area contributed by atoms with Gasteiger partial charge in [0, 0.05) is 0 Å². The second-order valence-electron chi connectivity index (χ2n) is 6.03. The Kier molecular flexibility index (Phi) is 2.56. The fraction of sp³-hybridized carbons (Fsp3) is 0.909. The maximum atomic E-state index is 10.9. The molecule has 0 aromatic rings. The highest BCUT2D eigenvalue weighted by Crippen LogP contribution is 2.66. The average molecular weight is 240 g/mol. The first-order chi connectivity index (χ1) is 7.83. The van der Waals surface area contributed by atoms with Crippen molar-refractivity contribution in [2.45, 2.75) is 46.1 Å². The summed E-state index contributed by atoms with van der Waals surface area (Å²) in [6.07, 6.45) is 3.13. The lowest BCUT2D eigenvalue weighted by Gasteiger charge is -2.41. The van der Waals surface area contributed by atoms with Crippen LogP contribution in [0.3, 0.4) is 0 Å². The monoisotopic (exact) mass is 240 g/mol. The molecule has 2 aliphatic rings. The average Bonchev–Trinajstić information content (AvgIpc) is 2.57. The number of primary amides is 1. The fourth-order valence-electron chi connectivity index (χ4n) is 3.80. The molecule has 3 N–H and O–H groups in total. The van der Waals surface area contributed by atoms with Crippen molar-refractivity contribution in [2.24, 2.45) is 27.8 Å². The lowest BCUT2D eigenvalue weighted by molar-refractivity contribution is 0.0211. The molecule has 3 atom stereocenters.